The Morgan fingerprint density at radius 3 is 2.57 bits per heavy atom. The van der Waals surface area contributed by atoms with Gasteiger partial charge in [0.25, 0.3) is 0 Å². The number of nitrogens with two attached hydrogens (primary N) is 1. The number of phenolic OH excluding ortho intramolecular Hbond substituents is 1. The van der Waals surface area contributed by atoms with Crippen LogP contribution in [0.15, 0.2) is 18.2 Å². The molecule has 0 amide bonds. The molecule has 3 heteroatoms. The smallest absolute Gasteiger partial charge is 0.125 e. The summed E-state index contributed by atoms with van der Waals surface area (Å²) in [6, 6.07) is 5.08. The molecule has 0 saturated carbocycles. The standard InChI is InChI=1S/C11H17NO2/c1-11(2,12)7-8-4-5-9(13)6-10(8)14-3/h4-6,13H,7,12H2,1-3H3. The molecule has 0 aliphatic heterocycles. The topological polar surface area (TPSA) is 55.5 Å². The highest BCUT2D eigenvalue weighted by molar-refractivity contribution is 5.40. The lowest BCUT2D eigenvalue weighted by Crippen LogP contribution is -2.34. The average molecular weight is 195 g/mol. The van der Waals surface area contributed by atoms with Crippen molar-refractivity contribution >= 4 is 0 Å². The SMILES string of the molecule is COc1cc(O)ccc1CC(C)(C)N. The van der Waals surface area contributed by atoms with Gasteiger partial charge in [0.1, 0.15) is 11.5 Å². The Kier molecular flexibility index (Phi) is 3.01. The van der Waals surface area contributed by atoms with Crippen molar-refractivity contribution in [1.29, 1.82) is 0 Å². The van der Waals surface area contributed by atoms with Gasteiger partial charge in [-0.2, -0.15) is 0 Å². The van der Waals surface area contributed by atoms with Gasteiger partial charge in [-0.15, -0.1) is 0 Å². The van der Waals surface area contributed by atoms with E-state index in [0.717, 1.165) is 12.0 Å². The Morgan fingerprint density at radius 2 is 2.07 bits per heavy atom. The predicted molar refractivity (Wildman–Crippen MR) is 56.6 cm³/mol. The summed E-state index contributed by atoms with van der Waals surface area (Å²) < 4.78 is 5.16. The monoisotopic (exact) mass is 195 g/mol. The maximum Gasteiger partial charge on any atom is 0.125 e. The van der Waals surface area contributed by atoms with Gasteiger partial charge in [0, 0.05) is 11.6 Å². The molecule has 3 nitrogen and oxygen atoms in total. The molecule has 0 fully saturated rings. The fourth-order valence-electron chi connectivity index (χ4n) is 1.37. The van der Waals surface area contributed by atoms with Gasteiger partial charge in [0.2, 0.25) is 0 Å². The van der Waals surface area contributed by atoms with Crippen molar-refractivity contribution in [2.24, 2.45) is 5.73 Å². The van der Waals surface area contributed by atoms with E-state index in [1.54, 1.807) is 19.2 Å². The second kappa shape index (κ2) is 3.88. The van der Waals surface area contributed by atoms with E-state index in [0.29, 0.717) is 5.75 Å². The Labute approximate surface area is 84.5 Å². The molecule has 0 heterocycles. The average Bonchev–Trinajstić information content (AvgIpc) is 2.06. The summed E-state index contributed by atoms with van der Waals surface area (Å²) in [4.78, 5) is 0. The largest absolute Gasteiger partial charge is 0.508 e. The summed E-state index contributed by atoms with van der Waals surface area (Å²) in [6.07, 6.45) is 0.719. The van der Waals surface area contributed by atoms with Crippen LogP contribution in [0, 0.1) is 0 Å². The van der Waals surface area contributed by atoms with Crippen LogP contribution in [-0.2, 0) is 6.42 Å². The first-order valence-corrected chi connectivity index (χ1v) is 4.57. The fraction of sp³-hybridized carbons (Fsp3) is 0.455. The number of aromatic hydroxyl groups is 1. The molecule has 0 atom stereocenters. The normalized spacial score (nSPS) is 11.4. The fourth-order valence-corrected chi connectivity index (χ4v) is 1.37. The van der Waals surface area contributed by atoms with Gasteiger partial charge < -0.3 is 15.6 Å². The summed E-state index contributed by atoms with van der Waals surface area (Å²) >= 11 is 0. The summed E-state index contributed by atoms with van der Waals surface area (Å²) in [6.45, 7) is 3.92. The van der Waals surface area contributed by atoms with E-state index in [-0.39, 0.29) is 11.3 Å². The highest BCUT2D eigenvalue weighted by atomic mass is 16.5. The van der Waals surface area contributed by atoms with Crippen molar-refractivity contribution in [3.05, 3.63) is 23.8 Å². The number of phenols is 1. The van der Waals surface area contributed by atoms with E-state index in [2.05, 4.69) is 0 Å². The molecule has 0 aromatic heterocycles. The van der Waals surface area contributed by atoms with Crippen LogP contribution in [0.25, 0.3) is 0 Å². The third kappa shape index (κ3) is 2.92. The Bertz CT molecular complexity index is 316. The molecule has 0 aliphatic carbocycles. The Balaban J connectivity index is 2.97. The quantitative estimate of drug-likeness (QED) is 0.771. The third-order valence-electron chi connectivity index (χ3n) is 1.92. The van der Waals surface area contributed by atoms with Gasteiger partial charge in [0.05, 0.1) is 7.11 Å². The molecule has 14 heavy (non-hydrogen) atoms. The molecule has 1 aromatic rings. The third-order valence-corrected chi connectivity index (χ3v) is 1.92. The van der Waals surface area contributed by atoms with Gasteiger partial charge >= 0.3 is 0 Å². The molecule has 0 bridgehead atoms. The molecule has 1 rings (SSSR count). The van der Waals surface area contributed by atoms with Crippen LogP contribution in [0.3, 0.4) is 0 Å². The van der Waals surface area contributed by atoms with Crippen LogP contribution in [0.5, 0.6) is 11.5 Å². The second-order valence-electron chi connectivity index (χ2n) is 4.16. The molecule has 1 aromatic carbocycles. The number of methoxy groups -OCH3 is 1. The van der Waals surface area contributed by atoms with E-state index < -0.39 is 0 Å². The minimum absolute atomic E-state index is 0.209. The van der Waals surface area contributed by atoms with Gasteiger partial charge in [0.15, 0.2) is 0 Å². The van der Waals surface area contributed by atoms with Crippen molar-refractivity contribution in [3.63, 3.8) is 0 Å². The molecule has 0 spiro atoms. The number of hydrogen-bond donors (Lipinski definition) is 2. The number of ether oxygens (including phenoxy) is 1. The lowest BCUT2D eigenvalue weighted by atomic mass is 9.95. The highest BCUT2D eigenvalue weighted by Gasteiger charge is 2.15. The zero-order valence-corrected chi connectivity index (χ0v) is 8.87. The summed E-state index contributed by atoms with van der Waals surface area (Å²) in [5.74, 6) is 0.893. The Morgan fingerprint density at radius 1 is 1.43 bits per heavy atom. The predicted octanol–water partition coefficient (Wildman–Crippen LogP) is 1.68. The number of benzene rings is 1. The maximum absolute atomic E-state index is 9.26. The summed E-state index contributed by atoms with van der Waals surface area (Å²) in [7, 11) is 1.59. The van der Waals surface area contributed by atoms with Gasteiger partial charge in [-0.3, -0.25) is 0 Å². The van der Waals surface area contributed by atoms with Gasteiger partial charge in [-0.1, -0.05) is 6.07 Å². The van der Waals surface area contributed by atoms with Crippen molar-refractivity contribution in [3.8, 4) is 11.5 Å². The lowest BCUT2D eigenvalue weighted by Gasteiger charge is -2.20. The van der Waals surface area contributed by atoms with Crippen LogP contribution in [0.1, 0.15) is 19.4 Å². The molecule has 0 aliphatic rings. The van der Waals surface area contributed by atoms with Crippen LogP contribution < -0.4 is 10.5 Å². The first-order chi connectivity index (χ1) is 6.42. The first-order valence-electron chi connectivity index (χ1n) is 4.57. The van der Waals surface area contributed by atoms with Crippen LogP contribution in [0.2, 0.25) is 0 Å². The van der Waals surface area contributed by atoms with E-state index >= 15 is 0 Å². The van der Waals surface area contributed by atoms with Crippen molar-refractivity contribution in [1.82, 2.24) is 0 Å². The zero-order valence-electron chi connectivity index (χ0n) is 8.87. The number of hydrogen-bond acceptors (Lipinski definition) is 3. The van der Waals surface area contributed by atoms with Crippen LogP contribution >= 0.6 is 0 Å². The van der Waals surface area contributed by atoms with Crippen molar-refractivity contribution < 1.29 is 9.84 Å². The Hall–Kier alpha value is -1.22. The number of rotatable bonds is 3. The van der Waals surface area contributed by atoms with E-state index in [9.17, 15) is 5.11 Å². The minimum Gasteiger partial charge on any atom is -0.508 e. The second-order valence-corrected chi connectivity index (χ2v) is 4.16. The molecular formula is C11H17NO2. The van der Waals surface area contributed by atoms with Crippen LogP contribution in [0.4, 0.5) is 0 Å². The van der Waals surface area contributed by atoms with Crippen molar-refractivity contribution in [2.75, 3.05) is 7.11 Å². The van der Waals surface area contributed by atoms with Crippen molar-refractivity contribution in [2.45, 2.75) is 25.8 Å². The maximum atomic E-state index is 9.26. The van der Waals surface area contributed by atoms with Gasteiger partial charge in [-0.05, 0) is 31.9 Å². The van der Waals surface area contributed by atoms with E-state index in [1.807, 2.05) is 19.9 Å². The van der Waals surface area contributed by atoms with E-state index in [4.69, 9.17) is 10.5 Å². The molecule has 78 valence electrons. The molecule has 0 unspecified atom stereocenters. The zero-order chi connectivity index (χ0) is 10.8. The molecule has 3 N–H and O–H groups in total. The summed E-state index contributed by atoms with van der Waals surface area (Å²) in [5.41, 5.74) is 6.65. The molecule has 0 saturated heterocycles. The summed E-state index contributed by atoms with van der Waals surface area (Å²) in [5, 5.41) is 9.26. The first kappa shape index (κ1) is 10.9. The van der Waals surface area contributed by atoms with Crippen LogP contribution in [-0.4, -0.2) is 17.8 Å². The molecule has 0 radical (unpaired) electrons. The van der Waals surface area contributed by atoms with Gasteiger partial charge in [-0.25, -0.2) is 0 Å². The minimum atomic E-state index is -0.274. The van der Waals surface area contributed by atoms with E-state index in [1.165, 1.54) is 0 Å². The molecular weight excluding hydrogens is 178 g/mol. The highest BCUT2D eigenvalue weighted by Crippen LogP contribution is 2.26. The lowest BCUT2D eigenvalue weighted by molar-refractivity contribution is 0.396.